The van der Waals surface area contributed by atoms with Crippen LogP contribution in [0.5, 0.6) is 0 Å². The molecule has 0 fully saturated rings. The molecule has 0 aromatic heterocycles. The molecule has 0 aliphatic carbocycles. The Hall–Kier alpha value is -1.75. The number of benzene rings is 1. The van der Waals surface area contributed by atoms with Gasteiger partial charge in [0.05, 0.1) is 13.1 Å². The number of primary amides is 1. The third kappa shape index (κ3) is 6.99. The molecule has 2 amide bonds. The molecule has 0 aliphatic rings. The van der Waals surface area contributed by atoms with E-state index in [9.17, 15) is 9.59 Å². The van der Waals surface area contributed by atoms with Crippen LogP contribution in [0.1, 0.15) is 19.8 Å². The number of anilines is 1. The number of hydrogen-bond donors (Lipinski definition) is 2. The maximum absolute atomic E-state index is 12.0. The fourth-order valence-corrected chi connectivity index (χ4v) is 1.67. The minimum atomic E-state index is -0.482. The molecule has 112 valence electrons. The van der Waals surface area contributed by atoms with Crippen LogP contribution in [0.15, 0.2) is 30.3 Å². The van der Waals surface area contributed by atoms with Crippen LogP contribution >= 0.6 is 12.4 Å². The van der Waals surface area contributed by atoms with Crippen LogP contribution < -0.4 is 11.1 Å². The van der Waals surface area contributed by atoms with Gasteiger partial charge in [-0.2, -0.15) is 0 Å². The Balaban J connectivity index is 0.00000361. The lowest BCUT2D eigenvalue weighted by atomic mass is 10.3. The molecule has 6 heteroatoms. The highest BCUT2D eigenvalue weighted by Gasteiger charge is 2.14. The van der Waals surface area contributed by atoms with Gasteiger partial charge in [-0.05, 0) is 18.6 Å². The van der Waals surface area contributed by atoms with Crippen LogP contribution in [0, 0.1) is 0 Å². The fraction of sp³-hybridized carbons (Fsp3) is 0.429. The van der Waals surface area contributed by atoms with Gasteiger partial charge in [0, 0.05) is 12.2 Å². The van der Waals surface area contributed by atoms with Crippen LogP contribution in [-0.4, -0.2) is 36.3 Å². The molecule has 0 spiro atoms. The second-order valence-electron chi connectivity index (χ2n) is 4.35. The monoisotopic (exact) mass is 299 g/mol. The summed E-state index contributed by atoms with van der Waals surface area (Å²) >= 11 is 0. The maximum atomic E-state index is 12.0. The Morgan fingerprint density at radius 3 is 2.45 bits per heavy atom. The van der Waals surface area contributed by atoms with E-state index in [2.05, 4.69) is 5.32 Å². The summed E-state index contributed by atoms with van der Waals surface area (Å²) in [5.41, 5.74) is 6.04. The summed E-state index contributed by atoms with van der Waals surface area (Å²) in [6.07, 6.45) is 1.83. The highest BCUT2D eigenvalue weighted by Crippen LogP contribution is 2.05. The highest BCUT2D eigenvalue weighted by atomic mass is 35.5. The standard InChI is InChI=1S/C14H21N3O2.ClH/c1-2-3-9-17(11-13(15)18)14(19)10-16-12-7-5-4-6-8-12;/h4-8,16H,2-3,9-11H2,1H3,(H2,15,18);1H. The Kier molecular flexibility index (Phi) is 9.20. The van der Waals surface area contributed by atoms with Crippen LogP contribution in [0.2, 0.25) is 0 Å². The summed E-state index contributed by atoms with van der Waals surface area (Å²) in [4.78, 5) is 24.5. The number of unbranched alkanes of at least 4 members (excludes halogenated alkanes) is 1. The smallest absolute Gasteiger partial charge is 0.242 e. The summed E-state index contributed by atoms with van der Waals surface area (Å²) in [7, 11) is 0. The summed E-state index contributed by atoms with van der Waals surface area (Å²) in [6, 6.07) is 9.47. The summed E-state index contributed by atoms with van der Waals surface area (Å²) < 4.78 is 0. The van der Waals surface area contributed by atoms with Crippen LogP contribution in [-0.2, 0) is 9.59 Å². The van der Waals surface area contributed by atoms with E-state index in [0.717, 1.165) is 18.5 Å². The second-order valence-corrected chi connectivity index (χ2v) is 4.35. The Labute approximate surface area is 125 Å². The fourth-order valence-electron chi connectivity index (χ4n) is 1.67. The van der Waals surface area contributed by atoms with Gasteiger partial charge < -0.3 is 16.0 Å². The van der Waals surface area contributed by atoms with Crippen molar-refractivity contribution in [3.05, 3.63) is 30.3 Å². The molecule has 0 unspecified atom stereocenters. The molecule has 1 aromatic carbocycles. The van der Waals surface area contributed by atoms with Gasteiger partial charge in [0.25, 0.3) is 0 Å². The van der Waals surface area contributed by atoms with E-state index < -0.39 is 5.91 Å². The first-order valence-corrected chi connectivity index (χ1v) is 6.48. The van der Waals surface area contributed by atoms with Gasteiger partial charge in [-0.15, -0.1) is 12.4 Å². The van der Waals surface area contributed by atoms with E-state index in [0.29, 0.717) is 6.54 Å². The molecule has 0 heterocycles. The lowest BCUT2D eigenvalue weighted by molar-refractivity contribution is -0.133. The molecule has 0 atom stereocenters. The van der Waals surface area contributed by atoms with Gasteiger partial charge in [0.15, 0.2) is 0 Å². The topological polar surface area (TPSA) is 75.4 Å². The quantitative estimate of drug-likeness (QED) is 0.766. The summed E-state index contributed by atoms with van der Waals surface area (Å²) in [6.45, 7) is 2.75. The first-order valence-electron chi connectivity index (χ1n) is 6.48. The number of carbonyl (C=O) groups excluding carboxylic acids is 2. The van der Waals surface area contributed by atoms with E-state index in [1.807, 2.05) is 37.3 Å². The van der Waals surface area contributed by atoms with Gasteiger partial charge in [0.2, 0.25) is 11.8 Å². The number of nitrogens with two attached hydrogens (primary N) is 1. The van der Waals surface area contributed by atoms with Crippen molar-refractivity contribution in [1.82, 2.24) is 4.90 Å². The zero-order valence-corrected chi connectivity index (χ0v) is 12.5. The number of amides is 2. The molecule has 0 radical (unpaired) electrons. The lowest BCUT2D eigenvalue weighted by Gasteiger charge is -2.21. The molecule has 0 saturated carbocycles. The van der Waals surface area contributed by atoms with Crippen LogP contribution in [0.25, 0.3) is 0 Å². The Morgan fingerprint density at radius 1 is 1.25 bits per heavy atom. The van der Waals surface area contributed by atoms with E-state index in [1.54, 1.807) is 0 Å². The first-order chi connectivity index (χ1) is 9.13. The van der Waals surface area contributed by atoms with Crippen molar-refractivity contribution < 1.29 is 9.59 Å². The van der Waals surface area contributed by atoms with Gasteiger partial charge >= 0.3 is 0 Å². The molecule has 1 rings (SSSR count). The molecule has 5 nitrogen and oxygen atoms in total. The number of carbonyl (C=O) groups is 2. The molecule has 1 aromatic rings. The van der Waals surface area contributed by atoms with Gasteiger partial charge in [-0.3, -0.25) is 9.59 Å². The average molecular weight is 300 g/mol. The number of halogens is 1. The predicted octanol–water partition coefficient (Wildman–Crippen LogP) is 1.63. The van der Waals surface area contributed by atoms with Gasteiger partial charge in [0.1, 0.15) is 0 Å². The van der Waals surface area contributed by atoms with Crippen molar-refractivity contribution in [3.8, 4) is 0 Å². The van der Waals surface area contributed by atoms with Crippen molar-refractivity contribution in [2.45, 2.75) is 19.8 Å². The summed E-state index contributed by atoms with van der Waals surface area (Å²) in [5.74, 6) is -0.597. The zero-order valence-electron chi connectivity index (χ0n) is 11.7. The number of rotatable bonds is 8. The van der Waals surface area contributed by atoms with E-state index in [4.69, 9.17) is 5.73 Å². The molecular formula is C14H22ClN3O2. The third-order valence-corrected chi connectivity index (χ3v) is 2.70. The zero-order chi connectivity index (χ0) is 14.1. The van der Waals surface area contributed by atoms with Crippen molar-refractivity contribution in [2.24, 2.45) is 5.73 Å². The molecule has 0 saturated heterocycles. The van der Waals surface area contributed by atoms with Crippen LogP contribution in [0.3, 0.4) is 0 Å². The Morgan fingerprint density at radius 2 is 1.90 bits per heavy atom. The van der Waals surface area contributed by atoms with Crippen molar-refractivity contribution >= 4 is 29.9 Å². The number of nitrogens with zero attached hydrogens (tertiary/aromatic N) is 1. The van der Waals surface area contributed by atoms with Gasteiger partial charge in [-0.25, -0.2) is 0 Å². The lowest BCUT2D eigenvalue weighted by Crippen LogP contribution is -2.41. The van der Waals surface area contributed by atoms with Gasteiger partial charge in [-0.1, -0.05) is 31.5 Å². The van der Waals surface area contributed by atoms with E-state index >= 15 is 0 Å². The molecule has 0 bridgehead atoms. The first kappa shape index (κ1) is 18.2. The maximum Gasteiger partial charge on any atom is 0.242 e. The van der Waals surface area contributed by atoms with Crippen molar-refractivity contribution in [2.75, 3.05) is 25.0 Å². The predicted molar refractivity (Wildman–Crippen MR) is 82.9 cm³/mol. The third-order valence-electron chi connectivity index (χ3n) is 2.70. The minimum absolute atomic E-state index is 0. The molecule has 3 N–H and O–H groups in total. The summed E-state index contributed by atoms with van der Waals surface area (Å²) in [5, 5.41) is 3.03. The molecule has 20 heavy (non-hydrogen) atoms. The molecular weight excluding hydrogens is 278 g/mol. The average Bonchev–Trinajstić information content (AvgIpc) is 2.41. The number of nitrogens with one attached hydrogen (secondary N) is 1. The highest BCUT2D eigenvalue weighted by molar-refractivity contribution is 5.86. The number of para-hydroxylation sites is 1. The second kappa shape index (κ2) is 10.1. The minimum Gasteiger partial charge on any atom is -0.376 e. The Bertz CT molecular complexity index is 412. The van der Waals surface area contributed by atoms with Crippen molar-refractivity contribution in [3.63, 3.8) is 0 Å². The largest absolute Gasteiger partial charge is 0.376 e. The molecule has 0 aliphatic heterocycles. The van der Waals surface area contributed by atoms with E-state index in [1.165, 1.54) is 4.90 Å². The number of hydrogen-bond acceptors (Lipinski definition) is 3. The van der Waals surface area contributed by atoms with E-state index in [-0.39, 0.29) is 31.4 Å². The van der Waals surface area contributed by atoms with Crippen molar-refractivity contribution in [1.29, 1.82) is 0 Å². The normalized spacial score (nSPS) is 9.45. The SMILES string of the molecule is CCCCN(CC(N)=O)C(=O)CNc1ccccc1.Cl. The van der Waals surface area contributed by atoms with Crippen LogP contribution in [0.4, 0.5) is 5.69 Å².